The molecule has 0 heterocycles. The van der Waals surface area contributed by atoms with Crippen molar-refractivity contribution in [1.82, 2.24) is 0 Å². The molecule has 4 aliphatic rings. The topological polar surface area (TPSA) is 20.2 Å². The van der Waals surface area contributed by atoms with E-state index in [-0.39, 0.29) is 16.9 Å². The van der Waals surface area contributed by atoms with Crippen LogP contribution < -0.4 is 0 Å². The number of hydrogen-bond acceptors (Lipinski definition) is 1. The Kier molecular flexibility index (Phi) is 5.49. The summed E-state index contributed by atoms with van der Waals surface area (Å²) in [4.78, 5) is 0. The van der Waals surface area contributed by atoms with E-state index in [0.29, 0.717) is 16.7 Å². The lowest BCUT2D eigenvalue weighted by molar-refractivity contribution is -0.0482. The fraction of sp³-hybridized carbons (Fsp3) is 0.793. The van der Waals surface area contributed by atoms with Crippen LogP contribution in [0.25, 0.3) is 0 Å². The molecule has 1 nitrogen and oxygen atoms in total. The average Bonchev–Trinajstić information content (AvgIpc) is 2.94. The maximum Gasteiger partial charge on any atom is 0.0578 e. The molecule has 7 atom stereocenters. The molecule has 0 spiro atoms. The molecule has 3 saturated carbocycles. The van der Waals surface area contributed by atoms with Crippen molar-refractivity contribution in [2.24, 2.45) is 39.4 Å². The molecule has 0 aromatic carbocycles. The standard InChI is InChI=1S/C29H46O/c1-20(2)9-8-10-21(3)24-14-16-28(6)25-12-11-22-19-23(30)13-15-26(22,4)29(25,7)18-17-27(24,28)5/h8,10-12,20-21,23-24,30H,9,13-19H2,1-7H3/b10-8+/t21-,23?,24?,26+,27-,28+,29+/m1/s1. The fourth-order valence-electron chi connectivity index (χ4n) is 8.36. The van der Waals surface area contributed by atoms with E-state index < -0.39 is 0 Å². The lowest BCUT2D eigenvalue weighted by Crippen LogP contribution is -2.56. The Morgan fingerprint density at radius 2 is 1.63 bits per heavy atom. The molecule has 1 heteroatoms. The van der Waals surface area contributed by atoms with Gasteiger partial charge < -0.3 is 5.11 Å². The van der Waals surface area contributed by atoms with Crippen LogP contribution in [0.3, 0.4) is 0 Å². The summed E-state index contributed by atoms with van der Waals surface area (Å²) in [5, 5.41) is 10.3. The summed E-state index contributed by atoms with van der Waals surface area (Å²) in [5.74, 6) is 2.19. The van der Waals surface area contributed by atoms with Crippen LogP contribution in [0.4, 0.5) is 0 Å². The number of hydrogen-bond donors (Lipinski definition) is 1. The first kappa shape index (κ1) is 22.4. The van der Waals surface area contributed by atoms with Crippen LogP contribution in [-0.4, -0.2) is 11.2 Å². The van der Waals surface area contributed by atoms with Crippen molar-refractivity contribution in [1.29, 1.82) is 0 Å². The van der Waals surface area contributed by atoms with Crippen molar-refractivity contribution in [3.05, 3.63) is 35.5 Å². The fourth-order valence-corrected chi connectivity index (χ4v) is 8.36. The molecule has 4 aliphatic carbocycles. The molecule has 0 aromatic heterocycles. The van der Waals surface area contributed by atoms with Crippen LogP contribution in [0, 0.1) is 39.4 Å². The summed E-state index contributed by atoms with van der Waals surface area (Å²) in [6.45, 7) is 17.4. The lowest BCUT2D eigenvalue weighted by Gasteiger charge is -2.64. The van der Waals surface area contributed by atoms with E-state index in [1.165, 1.54) is 37.7 Å². The molecule has 168 valence electrons. The zero-order valence-electron chi connectivity index (χ0n) is 20.7. The van der Waals surface area contributed by atoms with Crippen molar-refractivity contribution in [2.45, 2.75) is 106 Å². The van der Waals surface area contributed by atoms with Crippen LogP contribution in [0.2, 0.25) is 0 Å². The van der Waals surface area contributed by atoms with Crippen molar-refractivity contribution in [3.63, 3.8) is 0 Å². The Morgan fingerprint density at radius 1 is 0.933 bits per heavy atom. The number of aliphatic hydroxyl groups is 1. The second-order valence-electron chi connectivity index (χ2n) is 12.6. The van der Waals surface area contributed by atoms with E-state index >= 15 is 0 Å². The summed E-state index contributed by atoms with van der Waals surface area (Å²) in [6.07, 6.45) is 19.3. The van der Waals surface area contributed by atoms with E-state index in [9.17, 15) is 5.11 Å². The Morgan fingerprint density at radius 3 is 2.33 bits per heavy atom. The first-order valence-electron chi connectivity index (χ1n) is 12.7. The van der Waals surface area contributed by atoms with Crippen molar-refractivity contribution in [3.8, 4) is 0 Å². The van der Waals surface area contributed by atoms with Gasteiger partial charge in [0.05, 0.1) is 6.10 Å². The van der Waals surface area contributed by atoms with Gasteiger partial charge in [-0.1, -0.05) is 83.9 Å². The Labute approximate surface area is 186 Å². The maximum absolute atomic E-state index is 10.3. The summed E-state index contributed by atoms with van der Waals surface area (Å²) in [6, 6.07) is 0. The minimum atomic E-state index is -0.137. The van der Waals surface area contributed by atoms with Crippen molar-refractivity contribution >= 4 is 0 Å². The van der Waals surface area contributed by atoms with Gasteiger partial charge in [-0.15, -0.1) is 0 Å². The summed E-state index contributed by atoms with van der Waals surface area (Å²) >= 11 is 0. The van der Waals surface area contributed by atoms with Crippen LogP contribution in [-0.2, 0) is 0 Å². The monoisotopic (exact) mass is 410 g/mol. The zero-order chi connectivity index (χ0) is 21.9. The molecular formula is C29H46O. The van der Waals surface area contributed by atoms with Crippen LogP contribution in [0.1, 0.15) is 99.8 Å². The van der Waals surface area contributed by atoms with Crippen molar-refractivity contribution < 1.29 is 5.11 Å². The second-order valence-corrected chi connectivity index (χ2v) is 12.6. The van der Waals surface area contributed by atoms with Crippen molar-refractivity contribution in [2.75, 3.05) is 0 Å². The van der Waals surface area contributed by atoms with Gasteiger partial charge in [0.15, 0.2) is 0 Å². The molecule has 1 N–H and O–H groups in total. The number of fused-ring (bicyclic) bond motifs is 5. The quantitative estimate of drug-likeness (QED) is 0.467. The van der Waals surface area contributed by atoms with Gasteiger partial charge in [-0.2, -0.15) is 0 Å². The highest BCUT2D eigenvalue weighted by molar-refractivity contribution is 5.45. The van der Waals surface area contributed by atoms with Gasteiger partial charge in [-0.25, -0.2) is 0 Å². The highest BCUT2D eigenvalue weighted by Crippen LogP contribution is 2.75. The van der Waals surface area contributed by atoms with Gasteiger partial charge in [-0.3, -0.25) is 0 Å². The first-order chi connectivity index (χ1) is 14.0. The number of rotatable bonds is 4. The van der Waals surface area contributed by atoms with E-state index in [2.05, 4.69) is 72.8 Å². The van der Waals surface area contributed by atoms with Crippen LogP contribution >= 0.6 is 0 Å². The molecule has 3 fully saturated rings. The molecule has 4 rings (SSSR count). The molecule has 30 heavy (non-hydrogen) atoms. The van der Waals surface area contributed by atoms with Crippen LogP contribution in [0.15, 0.2) is 35.5 Å². The van der Waals surface area contributed by atoms with E-state index in [1.54, 1.807) is 5.57 Å². The van der Waals surface area contributed by atoms with Gasteiger partial charge >= 0.3 is 0 Å². The molecule has 0 amide bonds. The molecular weight excluding hydrogens is 364 g/mol. The van der Waals surface area contributed by atoms with Gasteiger partial charge in [0, 0.05) is 0 Å². The predicted octanol–water partition coefficient (Wildman–Crippen LogP) is 7.87. The minimum absolute atomic E-state index is 0.137. The highest BCUT2D eigenvalue weighted by Gasteiger charge is 2.66. The van der Waals surface area contributed by atoms with Crippen LogP contribution in [0.5, 0.6) is 0 Å². The molecule has 0 saturated heterocycles. The molecule has 0 aliphatic heterocycles. The highest BCUT2D eigenvalue weighted by atomic mass is 16.3. The Balaban J connectivity index is 1.68. The summed E-state index contributed by atoms with van der Waals surface area (Å²) in [7, 11) is 0. The minimum Gasteiger partial charge on any atom is -0.393 e. The molecule has 0 aromatic rings. The molecule has 0 bridgehead atoms. The molecule has 2 unspecified atom stereocenters. The number of allylic oxidation sites excluding steroid dienone is 5. The maximum atomic E-state index is 10.3. The lowest BCUT2D eigenvalue weighted by atomic mass is 9.40. The third kappa shape index (κ3) is 2.97. The predicted molar refractivity (Wildman–Crippen MR) is 128 cm³/mol. The van der Waals surface area contributed by atoms with E-state index in [4.69, 9.17) is 0 Å². The molecule has 0 radical (unpaired) electrons. The summed E-state index contributed by atoms with van der Waals surface area (Å²) in [5.41, 5.74) is 4.41. The Bertz CT molecular complexity index is 771. The third-order valence-corrected chi connectivity index (χ3v) is 10.9. The zero-order valence-corrected chi connectivity index (χ0v) is 20.7. The van der Waals surface area contributed by atoms with Gasteiger partial charge in [0.25, 0.3) is 0 Å². The smallest absolute Gasteiger partial charge is 0.0578 e. The van der Waals surface area contributed by atoms with Gasteiger partial charge in [0.2, 0.25) is 0 Å². The van der Waals surface area contributed by atoms with E-state index in [1.807, 2.05) is 0 Å². The summed E-state index contributed by atoms with van der Waals surface area (Å²) < 4.78 is 0. The second kappa shape index (κ2) is 7.36. The third-order valence-electron chi connectivity index (χ3n) is 10.9. The average molecular weight is 411 g/mol. The van der Waals surface area contributed by atoms with E-state index in [0.717, 1.165) is 31.1 Å². The van der Waals surface area contributed by atoms with Gasteiger partial charge in [-0.05, 0) is 90.8 Å². The first-order valence-corrected chi connectivity index (χ1v) is 12.7. The number of aliphatic hydroxyl groups excluding tert-OH is 1. The Hall–Kier alpha value is -0.820. The van der Waals surface area contributed by atoms with Gasteiger partial charge in [0.1, 0.15) is 0 Å². The largest absolute Gasteiger partial charge is 0.393 e. The SMILES string of the molecule is CC(C)C/C=C/[C@@H](C)C1CC[C@@]2(C)C3=CC=C4CC(O)CC[C@]4(C)[C@@]3(C)CC[C@]12C. The normalized spacial score (nSPS) is 46.8.